The van der Waals surface area contributed by atoms with Crippen LogP contribution in [0.2, 0.25) is 0 Å². The van der Waals surface area contributed by atoms with Crippen LogP contribution in [0.1, 0.15) is 44.6 Å². The molecule has 0 aliphatic heterocycles. The summed E-state index contributed by atoms with van der Waals surface area (Å²) in [6.45, 7) is 5.95. The van der Waals surface area contributed by atoms with Crippen molar-refractivity contribution in [3.63, 3.8) is 0 Å². The van der Waals surface area contributed by atoms with Gasteiger partial charge in [0.2, 0.25) is 5.91 Å². The molecule has 0 saturated heterocycles. The summed E-state index contributed by atoms with van der Waals surface area (Å²) in [4.78, 5) is 16.1. The van der Waals surface area contributed by atoms with E-state index in [1.165, 1.54) is 31.2 Å². The first kappa shape index (κ1) is 21.1. The molecule has 1 aromatic rings. The molecule has 0 bridgehead atoms. The number of carbonyl (C=O) groups excluding carboxylic acids is 1. The Morgan fingerprint density at radius 1 is 1.22 bits per heavy atom. The van der Waals surface area contributed by atoms with Crippen molar-refractivity contribution in [1.29, 1.82) is 0 Å². The summed E-state index contributed by atoms with van der Waals surface area (Å²) in [7, 11) is 1.74. The van der Waals surface area contributed by atoms with Gasteiger partial charge >= 0.3 is 0 Å². The smallest absolute Gasteiger partial charge is 0.220 e. The molecule has 1 amide bonds. The lowest BCUT2D eigenvalue weighted by Gasteiger charge is -2.18. The molecule has 1 aliphatic carbocycles. The predicted octanol–water partition coefficient (Wildman–Crippen LogP) is 2.62. The Morgan fingerprint density at radius 2 is 1.96 bits per heavy atom. The summed E-state index contributed by atoms with van der Waals surface area (Å²) in [6, 6.07) is 8.03. The highest BCUT2D eigenvalue weighted by molar-refractivity contribution is 5.80. The number of nitrogens with zero attached hydrogens (tertiary/aromatic N) is 1. The van der Waals surface area contributed by atoms with Gasteiger partial charge in [-0.15, -0.1) is 0 Å². The molecule has 1 fully saturated rings. The average Bonchev–Trinajstić information content (AvgIpc) is 3.14. The highest BCUT2D eigenvalue weighted by Gasteiger charge is 2.17. The Balaban J connectivity index is 1.58. The average molecular weight is 375 g/mol. The quantitative estimate of drug-likeness (QED) is 0.353. The van der Waals surface area contributed by atoms with E-state index in [0.29, 0.717) is 37.9 Å². The second-order valence-corrected chi connectivity index (χ2v) is 7.33. The highest BCUT2D eigenvalue weighted by Crippen LogP contribution is 2.27. The first-order valence-electron chi connectivity index (χ1n) is 10.0. The summed E-state index contributed by atoms with van der Waals surface area (Å²) < 4.78 is 5.91. The molecule has 1 atom stereocenters. The summed E-state index contributed by atoms with van der Waals surface area (Å²) in [5.41, 5.74) is 1.18. The van der Waals surface area contributed by atoms with Crippen LogP contribution >= 0.6 is 0 Å². The number of guanidine groups is 1. The Morgan fingerprint density at radius 3 is 2.67 bits per heavy atom. The fraction of sp³-hybridized carbons (Fsp3) is 0.619. The lowest BCUT2D eigenvalue weighted by molar-refractivity contribution is -0.121. The van der Waals surface area contributed by atoms with Crippen molar-refractivity contribution in [2.45, 2.75) is 52.1 Å². The van der Waals surface area contributed by atoms with Crippen molar-refractivity contribution in [2.24, 2.45) is 10.9 Å². The minimum atomic E-state index is 0.0106. The van der Waals surface area contributed by atoms with Crippen molar-refractivity contribution >= 4 is 11.9 Å². The molecule has 6 heteroatoms. The number of amides is 1. The molecular formula is C21H34N4O2. The number of aliphatic imine (C=N–C) groups is 1. The zero-order chi connectivity index (χ0) is 19.5. The number of ether oxygens (including phenoxy) is 1. The normalized spacial score (nSPS) is 16.0. The van der Waals surface area contributed by atoms with Crippen LogP contribution in [0, 0.1) is 12.8 Å². The number of carbonyl (C=O) groups is 1. The van der Waals surface area contributed by atoms with E-state index in [1.807, 2.05) is 38.1 Å². The SMILES string of the molecule is CN=C(NCCNC(=O)CC1CCCC1)NCC(C)Oc1cccc(C)c1. The van der Waals surface area contributed by atoms with Crippen molar-refractivity contribution in [3.8, 4) is 5.75 Å². The lowest BCUT2D eigenvalue weighted by atomic mass is 10.0. The first-order chi connectivity index (χ1) is 13.1. The third-order valence-corrected chi connectivity index (χ3v) is 4.80. The zero-order valence-corrected chi connectivity index (χ0v) is 16.9. The van der Waals surface area contributed by atoms with E-state index in [9.17, 15) is 4.79 Å². The molecule has 27 heavy (non-hydrogen) atoms. The molecule has 150 valence electrons. The molecule has 3 N–H and O–H groups in total. The molecule has 6 nitrogen and oxygen atoms in total. The third-order valence-electron chi connectivity index (χ3n) is 4.80. The summed E-state index contributed by atoms with van der Waals surface area (Å²) >= 11 is 0. The van der Waals surface area contributed by atoms with E-state index < -0.39 is 0 Å². The fourth-order valence-electron chi connectivity index (χ4n) is 3.36. The van der Waals surface area contributed by atoms with Crippen molar-refractivity contribution < 1.29 is 9.53 Å². The largest absolute Gasteiger partial charge is 0.489 e. The number of hydrogen-bond donors (Lipinski definition) is 3. The van der Waals surface area contributed by atoms with Crippen LogP contribution in [0.15, 0.2) is 29.3 Å². The van der Waals surface area contributed by atoms with Crippen LogP contribution in [-0.2, 0) is 4.79 Å². The van der Waals surface area contributed by atoms with Gasteiger partial charge < -0.3 is 20.7 Å². The number of aryl methyl sites for hydroxylation is 1. The maximum absolute atomic E-state index is 11.9. The summed E-state index contributed by atoms with van der Waals surface area (Å²) in [5.74, 6) is 2.33. The van der Waals surface area contributed by atoms with Crippen LogP contribution < -0.4 is 20.7 Å². The molecule has 1 saturated carbocycles. The molecule has 0 radical (unpaired) electrons. The maximum Gasteiger partial charge on any atom is 0.220 e. The molecule has 2 rings (SSSR count). The Hall–Kier alpha value is -2.24. The molecule has 0 spiro atoms. The fourth-order valence-corrected chi connectivity index (χ4v) is 3.36. The first-order valence-corrected chi connectivity index (χ1v) is 10.0. The van der Waals surface area contributed by atoms with Crippen LogP contribution in [0.5, 0.6) is 5.75 Å². The van der Waals surface area contributed by atoms with Gasteiger partial charge in [-0.3, -0.25) is 9.79 Å². The van der Waals surface area contributed by atoms with E-state index >= 15 is 0 Å². The number of hydrogen-bond acceptors (Lipinski definition) is 3. The van der Waals surface area contributed by atoms with Gasteiger partial charge in [-0.2, -0.15) is 0 Å². The minimum Gasteiger partial charge on any atom is -0.489 e. The van der Waals surface area contributed by atoms with E-state index in [1.54, 1.807) is 7.05 Å². The Bertz CT molecular complexity index is 612. The second kappa shape index (κ2) is 11.5. The summed E-state index contributed by atoms with van der Waals surface area (Å²) in [6.07, 6.45) is 5.62. The van der Waals surface area contributed by atoms with Gasteiger partial charge in [0, 0.05) is 26.6 Å². The molecule has 1 unspecified atom stereocenters. The van der Waals surface area contributed by atoms with E-state index in [4.69, 9.17) is 4.74 Å². The molecule has 1 aromatic carbocycles. The van der Waals surface area contributed by atoms with Gasteiger partial charge in [0.15, 0.2) is 5.96 Å². The van der Waals surface area contributed by atoms with E-state index in [0.717, 1.165) is 5.75 Å². The topological polar surface area (TPSA) is 74.8 Å². The van der Waals surface area contributed by atoms with E-state index in [2.05, 4.69) is 20.9 Å². The van der Waals surface area contributed by atoms with E-state index in [-0.39, 0.29) is 12.0 Å². The van der Waals surface area contributed by atoms with Crippen molar-refractivity contribution in [2.75, 3.05) is 26.7 Å². The zero-order valence-electron chi connectivity index (χ0n) is 16.9. The van der Waals surface area contributed by atoms with Crippen LogP contribution in [0.3, 0.4) is 0 Å². The Kier molecular flexibility index (Phi) is 8.95. The maximum atomic E-state index is 11.9. The molecule has 0 heterocycles. The monoisotopic (exact) mass is 374 g/mol. The number of nitrogens with one attached hydrogen (secondary N) is 3. The molecular weight excluding hydrogens is 340 g/mol. The van der Waals surface area contributed by atoms with Gasteiger partial charge in [0.25, 0.3) is 0 Å². The molecule has 0 aromatic heterocycles. The molecule has 1 aliphatic rings. The number of rotatable bonds is 9. The second-order valence-electron chi connectivity index (χ2n) is 7.33. The van der Waals surface area contributed by atoms with Gasteiger partial charge in [-0.1, -0.05) is 25.0 Å². The van der Waals surface area contributed by atoms with Gasteiger partial charge in [-0.05, 0) is 50.3 Å². The van der Waals surface area contributed by atoms with Crippen LogP contribution in [-0.4, -0.2) is 44.7 Å². The highest BCUT2D eigenvalue weighted by atomic mass is 16.5. The van der Waals surface area contributed by atoms with Gasteiger partial charge in [0.1, 0.15) is 11.9 Å². The van der Waals surface area contributed by atoms with Crippen LogP contribution in [0.4, 0.5) is 0 Å². The predicted molar refractivity (Wildman–Crippen MR) is 110 cm³/mol. The minimum absolute atomic E-state index is 0.0106. The van der Waals surface area contributed by atoms with Gasteiger partial charge in [-0.25, -0.2) is 0 Å². The third kappa shape index (κ3) is 8.33. The van der Waals surface area contributed by atoms with Crippen molar-refractivity contribution in [1.82, 2.24) is 16.0 Å². The standard InChI is InChI=1S/C21H34N4O2/c1-16-7-6-10-19(13-16)27-17(2)15-25-21(22-3)24-12-11-23-20(26)14-18-8-4-5-9-18/h6-7,10,13,17-18H,4-5,8-9,11-12,14-15H2,1-3H3,(H,23,26)(H2,22,24,25). The Labute approximate surface area is 163 Å². The van der Waals surface area contributed by atoms with Crippen molar-refractivity contribution in [3.05, 3.63) is 29.8 Å². The van der Waals surface area contributed by atoms with Gasteiger partial charge in [0.05, 0.1) is 6.54 Å². The summed E-state index contributed by atoms with van der Waals surface area (Å²) in [5, 5.41) is 9.45. The number of benzene rings is 1. The lowest BCUT2D eigenvalue weighted by Crippen LogP contribution is -2.44. The van der Waals surface area contributed by atoms with Crippen LogP contribution in [0.25, 0.3) is 0 Å².